The molecular weight excluding hydrogens is 981 g/mol. The third-order valence-corrected chi connectivity index (χ3v) is 12.1. The molecule has 0 fully saturated rings. The lowest BCUT2D eigenvalue weighted by Crippen LogP contribution is -2.25. The Morgan fingerprint density at radius 3 is 1.69 bits per heavy atom. The van der Waals surface area contributed by atoms with Gasteiger partial charge in [-0.3, -0.25) is 24.5 Å². The van der Waals surface area contributed by atoms with Gasteiger partial charge in [-0.05, 0) is 125 Å². The van der Waals surface area contributed by atoms with Gasteiger partial charge in [0.05, 0.1) is 43.1 Å². The molecule has 404 valence electrons. The Hall–Kier alpha value is -8.79. The summed E-state index contributed by atoms with van der Waals surface area (Å²) < 4.78 is 22.9. The lowest BCUT2D eigenvalue weighted by molar-refractivity contribution is -0.138. The number of phenols is 2. The second-order valence-electron chi connectivity index (χ2n) is 19.0. The standard InChI is InChI=1S/C33H34N2O7.C28H34N2O5/c1-21-9-14-28(22(2)19-21)41-18-6-5-17-34-33(40)27-20-29(25-7-3-4-8-26(25)32(27)39)42-24-12-10-23(11-13-24)35-30(36)15-16-31(37)38;1-18(2)17-35-28(33)30-24-9-7-8-22-21(24)11-12-23(26(22)31)27(32)29-14-5-6-15-34-25-13-10-19(3)16-20(25)4/h3-4,7-14,19-20,39H,5-6,15-18H2,1-2H3,(H,34,40)(H,35,36)(H,37,38);7-13,16,18,31H,5-6,14-15,17H2,1-4H3,(H,29,32)(H,30,33). The summed E-state index contributed by atoms with van der Waals surface area (Å²) in [6, 6.07) is 35.7. The SMILES string of the molecule is Cc1ccc(OCCCCNC(=O)c2cc(Oc3ccc(NC(=O)CCC(=O)O)cc3)c3ccccc3c2O)c(C)c1.Cc1ccc(OCCCCNC(=O)c2ccc3c(NC(=O)OCC(C)C)cccc3c2O)c(C)c1. The monoisotopic (exact) mass is 1050 g/mol. The van der Waals surface area contributed by atoms with Gasteiger partial charge in [-0.2, -0.15) is 0 Å². The van der Waals surface area contributed by atoms with Gasteiger partial charge in [0.25, 0.3) is 11.8 Å². The van der Waals surface area contributed by atoms with Crippen molar-refractivity contribution in [1.82, 2.24) is 10.6 Å². The number of carbonyl (C=O) groups is 5. The van der Waals surface area contributed by atoms with E-state index in [0.29, 0.717) is 83.7 Å². The number of phenolic OH excluding ortho intramolecular Hbond substituents is 2. The number of carboxylic acid groups (broad SMARTS) is 1. The van der Waals surface area contributed by atoms with Crippen molar-refractivity contribution in [3.05, 3.63) is 155 Å². The molecule has 7 aromatic carbocycles. The van der Waals surface area contributed by atoms with Crippen LogP contribution in [0.1, 0.15) is 95.3 Å². The van der Waals surface area contributed by atoms with Crippen LogP contribution >= 0.6 is 0 Å². The molecule has 4 amide bonds. The van der Waals surface area contributed by atoms with E-state index in [9.17, 15) is 34.2 Å². The van der Waals surface area contributed by atoms with Crippen LogP contribution < -0.4 is 35.5 Å². The Bertz CT molecular complexity index is 3190. The largest absolute Gasteiger partial charge is 0.506 e. The zero-order valence-electron chi connectivity index (χ0n) is 44.4. The summed E-state index contributed by atoms with van der Waals surface area (Å²) in [6.45, 7) is 14.3. The van der Waals surface area contributed by atoms with Gasteiger partial charge in [-0.15, -0.1) is 0 Å². The molecule has 16 heteroatoms. The summed E-state index contributed by atoms with van der Waals surface area (Å²) in [6.07, 6.45) is 2.05. The summed E-state index contributed by atoms with van der Waals surface area (Å²) in [5, 5.41) is 43.6. The fourth-order valence-electron chi connectivity index (χ4n) is 8.12. The Labute approximate surface area is 448 Å². The lowest BCUT2D eigenvalue weighted by Gasteiger charge is -2.15. The highest BCUT2D eigenvalue weighted by atomic mass is 16.5. The molecule has 7 aromatic rings. The molecule has 0 aromatic heterocycles. The van der Waals surface area contributed by atoms with Crippen LogP contribution in [0.25, 0.3) is 21.5 Å². The molecule has 0 aliphatic heterocycles. The number of benzene rings is 7. The van der Waals surface area contributed by atoms with Crippen LogP contribution in [0, 0.1) is 33.6 Å². The first kappa shape index (κ1) is 57.5. The van der Waals surface area contributed by atoms with Crippen molar-refractivity contribution >= 4 is 62.7 Å². The van der Waals surface area contributed by atoms with E-state index >= 15 is 0 Å². The number of anilines is 2. The van der Waals surface area contributed by atoms with Crippen LogP contribution in [0.3, 0.4) is 0 Å². The summed E-state index contributed by atoms with van der Waals surface area (Å²) >= 11 is 0. The lowest BCUT2D eigenvalue weighted by atomic mass is 10.0. The number of carboxylic acids is 1. The van der Waals surface area contributed by atoms with E-state index < -0.39 is 23.9 Å². The Balaban J connectivity index is 0.000000254. The number of fused-ring (bicyclic) bond motifs is 2. The number of nitrogens with one attached hydrogen (secondary N) is 4. The molecule has 0 atom stereocenters. The maximum absolute atomic E-state index is 13.1. The van der Waals surface area contributed by atoms with E-state index in [4.69, 9.17) is 24.1 Å². The topological polar surface area (TPSA) is 231 Å². The van der Waals surface area contributed by atoms with Gasteiger partial charge < -0.3 is 50.2 Å². The van der Waals surface area contributed by atoms with Gasteiger partial charge in [-0.25, -0.2) is 4.79 Å². The normalized spacial score (nSPS) is 10.8. The maximum Gasteiger partial charge on any atom is 0.411 e. The highest BCUT2D eigenvalue weighted by Crippen LogP contribution is 2.39. The molecule has 0 unspecified atom stereocenters. The van der Waals surface area contributed by atoms with Gasteiger partial charge in [0.15, 0.2) is 0 Å². The second-order valence-corrected chi connectivity index (χ2v) is 19.0. The summed E-state index contributed by atoms with van der Waals surface area (Å²) in [4.78, 5) is 60.3. The highest BCUT2D eigenvalue weighted by molar-refractivity contribution is 6.08. The van der Waals surface area contributed by atoms with Crippen LogP contribution in [0.4, 0.5) is 16.2 Å². The predicted octanol–water partition coefficient (Wildman–Crippen LogP) is 12.3. The molecule has 16 nitrogen and oxygen atoms in total. The Morgan fingerprint density at radius 2 is 1.10 bits per heavy atom. The number of ether oxygens (including phenoxy) is 4. The van der Waals surface area contributed by atoms with Crippen LogP contribution in [0.2, 0.25) is 0 Å². The molecule has 0 aliphatic rings. The molecular formula is C61H68N4O12. The van der Waals surface area contributed by atoms with Crippen molar-refractivity contribution in [3.8, 4) is 34.5 Å². The van der Waals surface area contributed by atoms with Crippen LogP contribution in [-0.2, 0) is 14.3 Å². The minimum absolute atomic E-state index is 0.0949. The van der Waals surface area contributed by atoms with Crippen LogP contribution in [0.15, 0.2) is 121 Å². The van der Waals surface area contributed by atoms with Gasteiger partial charge in [0.1, 0.15) is 34.5 Å². The molecule has 0 radical (unpaired) electrons. The second kappa shape index (κ2) is 28.2. The highest BCUT2D eigenvalue weighted by Gasteiger charge is 2.20. The quantitative estimate of drug-likeness (QED) is 0.0297. The van der Waals surface area contributed by atoms with Crippen molar-refractivity contribution < 1.29 is 58.2 Å². The first-order valence-electron chi connectivity index (χ1n) is 25.7. The molecule has 7 N–H and O–H groups in total. The van der Waals surface area contributed by atoms with E-state index in [2.05, 4.69) is 33.4 Å². The zero-order valence-corrected chi connectivity index (χ0v) is 44.4. The number of aromatic hydroxyl groups is 2. The van der Waals surface area contributed by atoms with E-state index in [1.807, 2.05) is 71.9 Å². The number of rotatable bonds is 23. The average molecular weight is 1050 g/mol. The van der Waals surface area contributed by atoms with Crippen molar-refractivity contribution in [2.75, 3.05) is 43.5 Å². The Kier molecular flexibility index (Phi) is 21.1. The van der Waals surface area contributed by atoms with Gasteiger partial charge in [0.2, 0.25) is 5.91 Å². The number of aryl methyl sites for hydroxylation is 4. The van der Waals surface area contributed by atoms with Crippen molar-refractivity contribution in [2.45, 2.75) is 80.1 Å². The van der Waals surface area contributed by atoms with Crippen molar-refractivity contribution in [3.63, 3.8) is 0 Å². The molecule has 0 saturated carbocycles. The number of amides is 4. The molecule has 0 aliphatic carbocycles. The molecule has 0 heterocycles. The average Bonchev–Trinajstić information content (AvgIpc) is 3.44. The Morgan fingerprint density at radius 1 is 0.545 bits per heavy atom. The molecule has 0 bridgehead atoms. The van der Waals surface area contributed by atoms with Gasteiger partial charge >= 0.3 is 12.1 Å². The first-order chi connectivity index (χ1) is 37.0. The smallest absolute Gasteiger partial charge is 0.411 e. The number of unbranched alkanes of at least 4 members (excludes halogenated alkanes) is 2. The molecule has 0 saturated heterocycles. The van der Waals surface area contributed by atoms with Crippen molar-refractivity contribution in [1.29, 1.82) is 0 Å². The fourth-order valence-corrected chi connectivity index (χ4v) is 8.12. The zero-order chi connectivity index (χ0) is 55.4. The third kappa shape index (κ3) is 17.1. The first-order valence-corrected chi connectivity index (χ1v) is 25.7. The van der Waals surface area contributed by atoms with E-state index in [0.717, 1.165) is 41.9 Å². The summed E-state index contributed by atoms with van der Waals surface area (Å²) in [5.74, 6) is 0.317. The van der Waals surface area contributed by atoms with Gasteiger partial charge in [0, 0.05) is 46.7 Å². The summed E-state index contributed by atoms with van der Waals surface area (Å²) in [7, 11) is 0. The fraction of sp³-hybridized carbons (Fsp3) is 0.295. The van der Waals surface area contributed by atoms with Gasteiger partial charge in [-0.1, -0.05) is 91.7 Å². The minimum Gasteiger partial charge on any atom is -0.506 e. The number of carbonyl (C=O) groups excluding carboxylic acids is 4. The maximum atomic E-state index is 13.1. The van der Waals surface area contributed by atoms with Crippen LogP contribution in [-0.4, -0.2) is 78.0 Å². The van der Waals surface area contributed by atoms with E-state index in [-0.39, 0.29) is 47.3 Å². The van der Waals surface area contributed by atoms with E-state index in [1.165, 1.54) is 17.2 Å². The summed E-state index contributed by atoms with van der Waals surface area (Å²) in [5.41, 5.74) is 5.85. The van der Waals surface area contributed by atoms with Crippen molar-refractivity contribution in [2.24, 2.45) is 5.92 Å². The third-order valence-electron chi connectivity index (χ3n) is 12.1. The molecule has 0 spiro atoms. The minimum atomic E-state index is -1.04. The number of aliphatic carboxylic acids is 1. The van der Waals surface area contributed by atoms with E-state index in [1.54, 1.807) is 72.8 Å². The van der Waals surface area contributed by atoms with Crippen LogP contribution in [0.5, 0.6) is 34.5 Å². The predicted molar refractivity (Wildman–Crippen MR) is 299 cm³/mol. The molecule has 77 heavy (non-hydrogen) atoms. The molecule has 7 rings (SSSR count). The number of hydrogen-bond acceptors (Lipinski definition) is 11. The number of hydrogen-bond donors (Lipinski definition) is 7.